The van der Waals surface area contributed by atoms with E-state index in [1.54, 1.807) is 12.1 Å². The molecule has 10 heteroatoms. The number of halogens is 4. The summed E-state index contributed by atoms with van der Waals surface area (Å²) in [5, 5.41) is 4.37. The Morgan fingerprint density at radius 2 is 1.69 bits per heavy atom. The van der Waals surface area contributed by atoms with Gasteiger partial charge in [-0.2, -0.15) is 18.3 Å². The average Bonchev–Trinajstić information content (AvgIpc) is 3.28. The van der Waals surface area contributed by atoms with E-state index in [0.717, 1.165) is 24.3 Å². The lowest BCUT2D eigenvalue weighted by Gasteiger charge is -2.29. The fourth-order valence-corrected chi connectivity index (χ4v) is 3.69. The SMILES string of the molecule is CC(=O)/C=C/C(=O)c1cc(-c2ccc(N3CCOCC3)c(F)c2)nn1-c1ccc(C(F)(F)F)cc1. The number of rotatable bonds is 6. The molecule has 0 spiro atoms. The number of benzene rings is 2. The summed E-state index contributed by atoms with van der Waals surface area (Å²) in [6, 6.07) is 10.1. The van der Waals surface area contributed by atoms with Gasteiger partial charge in [-0.3, -0.25) is 9.59 Å². The van der Waals surface area contributed by atoms with Crippen molar-refractivity contribution < 1.29 is 31.9 Å². The van der Waals surface area contributed by atoms with Crippen LogP contribution in [0.5, 0.6) is 0 Å². The predicted molar refractivity (Wildman–Crippen MR) is 121 cm³/mol. The molecule has 0 N–H and O–H groups in total. The van der Waals surface area contributed by atoms with Crippen molar-refractivity contribution in [3.8, 4) is 16.9 Å². The fraction of sp³-hybridized carbons (Fsp3) is 0.240. The second-order valence-corrected chi connectivity index (χ2v) is 7.95. The number of ketones is 2. The van der Waals surface area contributed by atoms with Crippen LogP contribution >= 0.6 is 0 Å². The van der Waals surface area contributed by atoms with Gasteiger partial charge >= 0.3 is 6.18 Å². The third-order valence-electron chi connectivity index (χ3n) is 5.47. The van der Waals surface area contributed by atoms with E-state index in [1.807, 2.05) is 4.90 Å². The van der Waals surface area contributed by atoms with Crippen molar-refractivity contribution >= 4 is 17.3 Å². The molecule has 1 saturated heterocycles. The molecule has 0 saturated carbocycles. The van der Waals surface area contributed by atoms with Gasteiger partial charge in [0, 0.05) is 18.7 Å². The molecule has 0 amide bonds. The number of alkyl halides is 3. The van der Waals surface area contributed by atoms with Gasteiger partial charge in [-0.1, -0.05) is 6.07 Å². The fourth-order valence-electron chi connectivity index (χ4n) is 3.69. The number of nitrogens with zero attached hydrogens (tertiary/aromatic N) is 3. The smallest absolute Gasteiger partial charge is 0.378 e. The Morgan fingerprint density at radius 3 is 2.29 bits per heavy atom. The Hall–Kier alpha value is -3.79. The number of hydrogen-bond acceptors (Lipinski definition) is 5. The van der Waals surface area contributed by atoms with Crippen LogP contribution in [0.15, 0.2) is 60.7 Å². The lowest BCUT2D eigenvalue weighted by molar-refractivity contribution is -0.137. The Balaban J connectivity index is 1.74. The van der Waals surface area contributed by atoms with E-state index in [4.69, 9.17) is 4.74 Å². The van der Waals surface area contributed by atoms with Gasteiger partial charge in [0.15, 0.2) is 5.78 Å². The predicted octanol–water partition coefficient (Wildman–Crippen LogP) is 4.86. The summed E-state index contributed by atoms with van der Waals surface area (Å²) in [6.45, 7) is 3.39. The van der Waals surface area contributed by atoms with E-state index in [2.05, 4.69) is 5.10 Å². The molecular formula is C25H21F4N3O3. The van der Waals surface area contributed by atoms with Gasteiger partial charge in [0.1, 0.15) is 11.5 Å². The first-order valence-corrected chi connectivity index (χ1v) is 10.8. The molecule has 0 bridgehead atoms. The van der Waals surface area contributed by atoms with Gasteiger partial charge in [0.25, 0.3) is 0 Å². The molecule has 1 aliphatic rings. The van der Waals surface area contributed by atoms with Crippen LogP contribution in [0, 0.1) is 5.82 Å². The lowest BCUT2D eigenvalue weighted by atomic mass is 10.1. The topological polar surface area (TPSA) is 64.4 Å². The number of morpholine rings is 1. The molecule has 4 rings (SSSR count). The normalized spacial score (nSPS) is 14.5. The summed E-state index contributed by atoms with van der Waals surface area (Å²) in [4.78, 5) is 25.9. The molecule has 2 aromatic carbocycles. The van der Waals surface area contributed by atoms with Crippen molar-refractivity contribution in [1.82, 2.24) is 9.78 Å². The van der Waals surface area contributed by atoms with Crippen LogP contribution in [-0.4, -0.2) is 47.7 Å². The number of ether oxygens (including phenoxy) is 1. The first-order chi connectivity index (χ1) is 16.6. The van der Waals surface area contributed by atoms with Crippen molar-refractivity contribution in [3.63, 3.8) is 0 Å². The maximum atomic E-state index is 14.9. The molecule has 0 radical (unpaired) electrons. The lowest BCUT2D eigenvalue weighted by Crippen LogP contribution is -2.36. The maximum absolute atomic E-state index is 14.9. The maximum Gasteiger partial charge on any atom is 0.416 e. The van der Waals surface area contributed by atoms with E-state index in [1.165, 1.54) is 35.9 Å². The van der Waals surface area contributed by atoms with Gasteiger partial charge in [-0.05, 0) is 61.5 Å². The van der Waals surface area contributed by atoms with Gasteiger partial charge < -0.3 is 9.64 Å². The zero-order valence-corrected chi connectivity index (χ0v) is 18.7. The first kappa shape index (κ1) is 24.3. The van der Waals surface area contributed by atoms with Crippen molar-refractivity contribution in [2.45, 2.75) is 13.1 Å². The molecule has 1 aliphatic heterocycles. The summed E-state index contributed by atoms with van der Waals surface area (Å²) in [5.41, 5.74) is 0.412. The molecule has 3 aromatic rings. The van der Waals surface area contributed by atoms with Crippen molar-refractivity contribution in [3.05, 3.63) is 77.8 Å². The monoisotopic (exact) mass is 487 g/mol. The summed E-state index contributed by atoms with van der Waals surface area (Å²) >= 11 is 0. The molecular weight excluding hydrogens is 466 g/mol. The Bertz CT molecular complexity index is 1270. The number of carbonyl (C=O) groups excluding carboxylic acids is 2. The largest absolute Gasteiger partial charge is 0.416 e. The molecule has 1 aromatic heterocycles. The number of aromatic nitrogens is 2. The molecule has 35 heavy (non-hydrogen) atoms. The summed E-state index contributed by atoms with van der Waals surface area (Å²) in [5.74, 6) is -1.40. The minimum absolute atomic E-state index is 0.00919. The average molecular weight is 487 g/mol. The van der Waals surface area contributed by atoms with Gasteiger partial charge in [0.05, 0.1) is 35.8 Å². The molecule has 1 fully saturated rings. The number of anilines is 1. The highest BCUT2D eigenvalue weighted by atomic mass is 19.4. The second-order valence-electron chi connectivity index (χ2n) is 7.95. The van der Waals surface area contributed by atoms with Crippen LogP contribution in [0.1, 0.15) is 23.0 Å². The number of carbonyl (C=O) groups is 2. The van der Waals surface area contributed by atoms with E-state index in [-0.39, 0.29) is 22.9 Å². The zero-order valence-electron chi connectivity index (χ0n) is 18.7. The number of hydrogen-bond donors (Lipinski definition) is 0. The van der Waals surface area contributed by atoms with Crippen molar-refractivity contribution in [1.29, 1.82) is 0 Å². The summed E-state index contributed by atoms with van der Waals surface area (Å²) in [6.07, 6.45) is -2.37. The van der Waals surface area contributed by atoms with E-state index in [0.29, 0.717) is 37.6 Å². The van der Waals surface area contributed by atoms with Gasteiger partial charge in [-0.25, -0.2) is 9.07 Å². The Labute approximate surface area is 198 Å². The van der Waals surface area contributed by atoms with Crippen LogP contribution in [-0.2, 0) is 15.7 Å². The van der Waals surface area contributed by atoms with Gasteiger partial charge in [0.2, 0.25) is 5.78 Å². The van der Waals surface area contributed by atoms with Crippen molar-refractivity contribution in [2.24, 2.45) is 0 Å². The highest BCUT2D eigenvalue weighted by Crippen LogP contribution is 2.31. The molecule has 2 heterocycles. The Kier molecular flexibility index (Phi) is 6.83. The van der Waals surface area contributed by atoms with Gasteiger partial charge in [-0.15, -0.1) is 0 Å². The molecule has 0 atom stereocenters. The molecule has 0 aliphatic carbocycles. The van der Waals surface area contributed by atoms with Crippen LogP contribution in [0.2, 0.25) is 0 Å². The summed E-state index contributed by atoms with van der Waals surface area (Å²) in [7, 11) is 0. The van der Waals surface area contributed by atoms with E-state index >= 15 is 0 Å². The molecule has 0 unspecified atom stereocenters. The second kappa shape index (κ2) is 9.83. The zero-order chi connectivity index (χ0) is 25.2. The molecule has 182 valence electrons. The van der Waals surface area contributed by atoms with Crippen LogP contribution in [0.3, 0.4) is 0 Å². The highest BCUT2D eigenvalue weighted by molar-refractivity contribution is 6.07. The van der Waals surface area contributed by atoms with E-state index in [9.17, 15) is 27.2 Å². The molecule has 6 nitrogen and oxygen atoms in total. The first-order valence-electron chi connectivity index (χ1n) is 10.8. The van der Waals surface area contributed by atoms with E-state index < -0.39 is 23.3 Å². The quantitative estimate of drug-likeness (QED) is 0.282. The Morgan fingerprint density at radius 1 is 1.00 bits per heavy atom. The third-order valence-corrected chi connectivity index (χ3v) is 5.47. The van der Waals surface area contributed by atoms with Crippen LogP contribution in [0.25, 0.3) is 16.9 Å². The highest BCUT2D eigenvalue weighted by Gasteiger charge is 2.30. The summed E-state index contributed by atoms with van der Waals surface area (Å²) < 4.78 is 60.3. The number of allylic oxidation sites excluding steroid dienone is 2. The van der Waals surface area contributed by atoms with Crippen LogP contribution < -0.4 is 4.90 Å². The minimum atomic E-state index is -4.52. The van der Waals surface area contributed by atoms with Crippen LogP contribution in [0.4, 0.5) is 23.2 Å². The van der Waals surface area contributed by atoms with Crippen molar-refractivity contribution in [2.75, 3.05) is 31.2 Å². The third kappa shape index (κ3) is 5.48. The standard InChI is InChI=1S/C25H21F4N3O3/c1-16(33)2-9-24(34)23-15-21(30-32(23)19-6-4-18(5-7-19)25(27,28)29)17-3-8-22(20(26)14-17)31-10-12-35-13-11-31/h2-9,14-15H,10-13H2,1H3/b9-2+. The minimum Gasteiger partial charge on any atom is -0.378 e.